The summed E-state index contributed by atoms with van der Waals surface area (Å²) in [6, 6.07) is 15.2. The van der Waals surface area contributed by atoms with E-state index in [1.165, 1.54) is 4.57 Å². The molecule has 1 aliphatic rings. The van der Waals surface area contributed by atoms with Crippen molar-refractivity contribution in [1.82, 2.24) is 19.4 Å². The Kier molecular flexibility index (Phi) is 5.37. The largest absolute Gasteiger partial charge is 0.353 e. The van der Waals surface area contributed by atoms with Crippen LogP contribution in [0.2, 0.25) is 0 Å². The summed E-state index contributed by atoms with van der Waals surface area (Å²) in [6.07, 6.45) is 3.45. The lowest BCUT2D eigenvalue weighted by atomic mass is 10.2. The Labute approximate surface area is 169 Å². The van der Waals surface area contributed by atoms with Gasteiger partial charge >= 0.3 is 0 Å². The molecule has 7 heteroatoms. The maximum atomic E-state index is 12.6. The molecule has 2 aromatic heterocycles. The molecule has 148 valence electrons. The zero-order valence-electron chi connectivity index (χ0n) is 16.4. The predicted molar refractivity (Wildman–Crippen MR) is 112 cm³/mol. The summed E-state index contributed by atoms with van der Waals surface area (Å²) in [5.74, 6) is 1.52. The summed E-state index contributed by atoms with van der Waals surface area (Å²) in [5.41, 5.74) is 1.73. The van der Waals surface area contributed by atoms with E-state index in [2.05, 4.69) is 9.88 Å². The van der Waals surface area contributed by atoms with Gasteiger partial charge in [-0.2, -0.15) is 0 Å². The average Bonchev–Trinajstić information content (AvgIpc) is 2.76. The standard InChI is InChI=1S/C22H23N5O2/c1-17-8-10-27(20(28)15-17)16-21(29)26-13-11-25(12-14-26)19-7-9-23-22(24-19)18-5-3-2-4-6-18/h2-10,15H,11-14,16H2,1H3. The highest BCUT2D eigenvalue weighted by molar-refractivity contribution is 5.76. The van der Waals surface area contributed by atoms with Crippen molar-refractivity contribution in [2.45, 2.75) is 13.5 Å². The number of aromatic nitrogens is 3. The fourth-order valence-corrected chi connectivity index (χ4v) is 3.42. The van der Waals surface area contributed by atoms with Gasteiger partial charge in [0.1, 0.15) is 12.4 Å². The van der Waals surface area contributed by atoms with Crippen LogP contribution in [0.4, 0.5) is 5.82 Å². The van der Waals surface area contributed by atoms with Crippen LogP contribution >= 0.6 is 0 Å². The fraction of sp³-hybridized carbons (Fsp3) is 0.273. The van der Waals surface area contributed by atoms with Crippen molar-refractivity contribution in [2.24, 2.45) is 0 Å². The molecular weight excluding hydrogens is 366 g/mol. The van der Waals surface area contributed by atoms with Gasteiger partial charge in [0.05, 0.1) is 0 Å². The normalized spacial score (nSPS) is 14.1. The van der Waals surface area contributed by atoms with E-state index < -0.39 is 0 Å². The molecule has 1 aliphatic heterocycles. The van der Waals surface area contributed by atoms with Gasteiger partial charge in [0.2, 0.25) is 5.91 Å². The smallest absolute Gasteiger partial charge is 0.251 e. The van der Waals surface area contributed by atoms with Crippen molar-refractivity contribution in [1.29, 1.82) is 0 Å². The zero-order chi connectivity index (χ0) is 20.2. The van der Waals surface area contributed by atoms with Crippen LogP contribution < -0.4 is 10.5 Å². The van der Waals surface area contributed by atoms with Crippen molar-refractivity contribution in [3.63, 3.8) is 0 Å². The highest BCUT2D eigenvalue weighted by atomic mass is 16.2. The van der Waals surface area contributed by atoms with Crippen LogP contribution in [0, 0.1) is 6.92 Å². The lowest BCUT2D eigenvalue weighted by Gasteiger charge is -2.35. The molecular formula is C22H23N5O2. The number of amides is 1. The van der Waals surface area contributed by atoms with Crippen molar-refractivity contribution in [3.05, 3.63) is 76.8 Å². The fourth-order valence-electron chi connectivity index (χ4n) is 3.42. The second-order valence-corrected chi connectivity index (χ2v) is 7.14. The van der Waals surface area contributed by atoms with Crippen LogP contribution in [-0.2, 0) is 11.3 Å². The third-order valence-electron chi connectivity index (χ3n) is 5.09. The first-order valence-corrected chi connectivity index (χ1v) is 9.68. The second-order valence-electron chi connectivity index (χ2n) is 7.14. The van der Waals surface area contributed by atoms with Gasteiger partial charge in [-0.05, 0) is 24.6 Å². The maximum absolute atomic E-state index is 12.6. The minimum atomic E-state index is -0.147. The number of carbonyl (C=O) groups is 1. The minimum absolute atomic E-state index is 0.0386. The van der Waals surface area contributed by atoms with Crippen LogP contribution in [0.25, 0.3) is 11.4 Å². The molecule has 0 N–H and O–H groups in total. The number of benzene rings is 1. The molecule has 3 heterocycles. The Morgan fingerprint density at radius 3 is 2.52 bits per heavy atom. The summed E-state index contributed by atoms with van der Waals surface area (Å²) in [6.45, 7) is 4.53. The highest BCUT2D eigenvalue weighted by Gasteiger charge is 2.22. The van der Waals surface area contributed by atoms with E-state index >= 15 is 0 Å². The number of carbonyl (C=O) groups excluding carboxylic acids is 1. The van der Waals surface area contributed by atoms with E-state index in [0.717, 1.165) is 16.9 Å². The van der Waals surface area contributed by atoms with E-state index in [1.807, 2.05) is 54.3 Å². The maximum Gasteiger partial charge on any atom is 0.251 e. The molecule has 4 rings (SSSR count). The quantitative estimate of drug-likeness (QED) is 0.682. The third kappa shape index (κ3) is 4.34. The van der Waals surface area contributed by atoms with Crippen LogP contribution in [0.1, 0.15) is 5.56 Å². The highest BCUT2D eigenvalue weighted by Crippen LogP contribution is 2.19. The number of nitrogens with zero attached hydrogens (tertiary/aromatic N) is 5. The van der Waals surface area contributed by atoms with E-state index in [0.29, 0.717) is 32.0 Å². The number of anilines is 1. The van der Waals surface area contributed by atoms with Gasteiger partial charge in [-0.25, -0.2) is 9.97 Å². The first-order valence-electron chi connectivity index (χ1n) is 9.68. The van der Waals surface area contributed by atoms with Crippen molar-refractivity contribution >= 4 is 11.7 Å². The SMILES string of the molecule is Cc1ccn(CC(=O)N2CCN(c3ccnc(-c4ccccc4)n3)CC2)c(=O)c1. The van der Waals surface area contributed by atoms with Gasteiger partial charge in [-0.3, -0.25) is 9.59 Å². The summed E-state index contributed by atoms with van der Waals surface area (Å²) in [4.78, 5) is 37.7. The molecule has 0 unspecified atom stereocenters. The Bertz CT molecular complexity index is 1060. The molecule has 0 atom stereocenters. The molecule has 1 amide bonds. The number of hydrogen-bond donors (Lipinski definition) is 0. The van der Waals surface area contributed by atoms with E-state index in [9.17, 15) is 9.59 Å². The Hall–Kier alpha value is -3.48. The zero-order valence-corrected chi connectivity index (χ0v) is 16.4. The van der Waals surface area contributed by atoms with Crippen LogP contribution in [0.3, 0.4) is 0 Å². The molecule has 1 aromatic carbocycles. The Balaban J connectivity index is 1.39. The summed E-state index contributed by atoms with van der Waals surface area (Å²) in [5, 5.41) is 0. The number of piperazine rings is 1. The molecule has 1 fully saturated rings. The van der Waals surface area contributed by atoms with E-state index in [-0.39, 0.29) is 18.0 Å². The van der Waals surface area contributed by atoms with Gasteiger partial charge in [-0.15, -0.1) is 0 Å². The minimum Gasteiger partial charge on any atom is -0.353 e. The topological polar surface area (TPSA) is 71.3 Å². The van der Waals surface area contributed by atoms with Gasteiger partial charge in [-0.1, -0.05) is 30.3 Å². The lowest BCUT2D eigenvalue weighted by molar-refractivity contribution is -0.132. The molecule has 29 heavy (non-hydrogen) atoms. The summed E-state index contributed by atoms with van der Waals surface area (Å²) in [7, 11) is 0. The second kappa shape index (κ2) is 8.26. The molecule has 3 aromatic rings. The lowest BCUT2D eigenvalue weighted by Crippen LogP contribution is -2.50. The van der Waals surface area contributed by atoms with Gasteiger partial charge < -0.3 is 14.4 Å². The predicted octanol–water partition coefficient (Wildman–Crippen LogP) is 1.96. The van der Waals surface area contributed by atoms with Crippen LogP contribution in [-0.4, -0.2) is 51.5 Å². The monoisotopic (exact) mass is 389 g/mol. The van der Waals surface area contributed by atoms with E-state index in [4.69, 9.17) is 4.98 Å². The summed E-state index contributed by atoms with van der Waals surface area (Å²) >= 11 is 0. The van der Waals surface area contributed by atoms with Crippen molar-refractivity contribution in [3.8, 4) is 11.4 Å². The number of hydrogen-bond acceptors (Lipinski definition) is 5. The molecule has 0 spiro atoms. The number of pyridine rings is 1. The first kappa shape index (κ1) is 18.9. The molecule has 0 radical (unpaired) electrons. The van der Waals surface area contributed by atoms with Crippen LogP contribution in [0.5, 0.6) is 0 Å². The Morgan fingerprint density at radius 2 is 1.79 bits per heavy atom. The number of aryl methyl sites for hydroxylation is 1. The van der Waals surface area contributed by atoms with Gasteiger partial charge in [0, 0.05) is 50.2 Å². The molecule has 0 aliphatic carbocycles. The average molecular weight is 389 g/mol. The van der Waals surface area contributed by atoms with Crippen molar-refractivity contribution < 1.29 is 4.79 Å². The summed E-state index contributed by atoms with van der Waals surface area (Å²) < 4.78 is 1.46. The molecule has 0 saturated carbocycles. The van der Waals surface area contributed by atoms with Crippen molar-refractivity contribution in [2.75, 3.05) is 31.1 Å². The van der Waals surface area contributed by atoms with Crippen LogP contribution in [0.15, 0.2) is 65.7 Å². The van der Waals surface area contributed by atoms with Gasteiger partial charge in [0.25, 0.3) is 5.56 Å². The molecule has 1 saturated heterocycles. The molecule has 7 nitrogen and oxygen atoms in total. The van der Waals surface area contributed by atoms with Gasteiger partial charge in [0.15, 0.2) is 5.82 Å². The number of rotatable bonds is 4. The third-order valence-corrected chi connectivity index (χ3v) is 5.09. The molecule has 0 bridgehead atoms. The first-order chi connectivity index (χ1) is 14.1. The Morgan fingerprint density at radius 1 is 1.03 bits per heavy atom. The van der Waals surface area contributed by atoms with E-state index in [1.54, 1.807) is 18.5 Å².